The number of hydrogen-bond donors (Lipinski definition) is 1. The highest BCUT2D eigenvalue weighted by Gasteiger charge is 2.14. The summed E-state index contributed by atoms with van der Waals surface area (Å²) in [7, 11) is 0. The number of ether oxygens (including phenoxy) is 1. The third-order valence-electron chi connectivity index (χ3n) is 3.31. The minimum atomic E-state index is -0.783. The molecular formula is C17H19FO2. The third kappa shape index (κ3) is 2.99. The molecule has 0 fully saturated rings. The SMILES string of the molecule is CCc1ccccc1Oc1cc(C)c(F)cc1[C@H](C)O. The largest absolute Gasteiger partial charge is 0.457 e. The summed E-state index contributed by atoms with van der Waals surface area (Å²) in [5, 5.41) is 9.78. The Labute approximate surface area is 118 Å². The first-order valence-electron chi connectivity index (χ1n) is 6.76. The molecule has 0 bridgehead atoms. The van der Waals surface area contributed by atoms with Gasteiger partial charge in [-0.2, -0.15) is 0 Å². The number of benzene rings is 2. The predicted molar refractivity (Wildman–Crippen MR) is 77.7 cm³/mol. The lowest BCUT2D eigenvalue weighted by Gasteiger charge is -2.16. The number of aryl methyl sites for hydroxylation is 2. The molecule has 0 radical (unpaired) electrons. The molecule has 0 spiro atoms. The van der Waals surface area contributed by atoms with Gasteiger partial charge in [-0.05, 0) is 49.6 Å². The van der Waals surface area contributed by atoms with Crippen LogP contribution in [0.5, 0.6) is 11.5 Å². The Bertz CT molecular complexity index is 606. The summed E-state index contributed by atoms with van der Waals surface area (Å²) in [6.45, 7) is 5.33. The molecule has 0 heterocycles. The summed E-state index contributed by atoms with van der Waals surface area (Å²) in [6.07, 6.45) is 0.0641. The van der Waals surface area contributed by atoms with Crippen LogP contribution in [0.3, 0.4) is 0 Å². The van der Waals surface area contributed by atoms with E-state index in [0.29, 0.717) is 16.9 Å². The van der Waals surface area contributed by atoms with Crippen LogP contribution in [-0.4, -0.2) is 5.11 Å². The topological polar surface area (TPSA) is 29.5 Å². The summed E-state index contributed by atoms with van der Waals surface area (Å²) in [5.74, 6) is 0.903. The lowest BCUT2D eigenvalue weighted by molar-refractivity contribution is 0.195. The minimum absolute atomic E-state index is 0.336. The number of halogens is 1. The van der Waals surface area contributed by atoms with E-state index in [-0.39, 0.29) is 5.82 Å². The van der Waals surface area contributed by atoms with E-state index in [1.54, 1.807) is 19.9 Å². The highest BCUT2D eigenvalue weighted by atomic mass is 19.1. The average molecular weight is 274 g/mol. The van der Waals surface area contributed by atoms with Gasteiger partial charge in [0.2, 0.25) is 0 Å². The zero-order chi connectivity index (χ0) is 14.7. The molecule has 20 heavy (non-hydrogen) atoms. The van der Waals surface area contributed by atoms with Gasteiger partial charge in [0.1, 0.15) is 17.3 Å². The highest BCUT2D eigenvalue weighted by molar-refractivity contribution is 5.44. The first-order valence-corrected chi connectivity index (χ1v) is 6.76. The molecule has 0 unspecified atom stereocenters. The first-order chi connectivity index (χ1) is 9.52. The van der Waals surface area contributed by atoms with Crippen LogP contribution in [-0.2, 0) is 6.42 Å². The zero-order valence-electron chi connectivity index (χ0n) is 12.0. The maximum absolute atomic E-state index is 13.6. The van der Waals surface area contributed by atoms with Crippen molar-refractivity contribution >= 4 is 0 Å². The molecule has 0 saturated carbocycles. The Hall–Kier alpha value is -1.87. The van der Waals surface area contributed by atoms with Crippen molar-refractivity contribution in [1.29, 1.82) is 0 Å². The first kappa shape index (κ1) is 14.5. The predicted octanol–water partition coefficient (Wildman–Crippen LogP) is 4.54. The van der Waals surface area contributed by atoms with Crippen molar-refractivity contribution in [3.8, 4) is 11.5 Å². The fourth-order valence-electron chi connectivity index (χ4n) is 2.10. The summed E-state index contributed by atoms with van der Waals surface area (Å²) >= 11 is 0. The fraction of sp³-hybridized carbons (Fsp3) is 0.294. The Kier molecular flexibility index (Phi) is 4.40. The molecule has 0 amide bonds. The quantitative estimate of drug-likeness (QED) is 0.886. The van der Waals surface area contributed by atoms with Gasteiger partial charge in [0.15, 0.2) is 0 Å². The zero-order valence-corrected chi connectivity index (χ0v) is 12.0. The summed E-state index contributed by atoms with van der Waals surface area (Å²) < 4.78 is 19.5. The molecule has 3 heteroatoms. The molecule has 2 rings (SSSR count). The van der Waals surface area contributed by atoms with Crippen LogP contribution >= 0.6 is 0 Å². The molecule has 106 valence electrons. The van der Waals surface area contributed by atoms with Gasteiger partial charge >= 0.3 is 0 Å². The Morgan fingerprint density at radius 1 is 1.20 bits per heavy atom. The van der Waals surface area contributed by atoms with Gasteiger partial charge in [0.05, 0.1) is 6.10 Å². The maximum atomic E-state index is 13.6. The maximum Gasteiger partial charge on any atom is 0.133 e. The monoisotopic (exact) mass is 274 g/mol. The standard InChI is InChI=1S/C17H19FO2/c1-4-13-7-5-6-8-16(13)20-17-9-11(2)15(18)10-14(17)12(3)19/h5-10,12,19H,4H2,1-3H3/t12-/m0/s1. The second-order valence-electron chi connectivity index (χ2n) is 4.88. The molecule has 1 N–H and O–H groups in total. The van der Waals surface area contributed by atoms with E-state index in [1.165, 1.54) is 6.07 Å². The molecule has 0 aromatic heterocycles. The van der Waals surface area contributed by atoms with Crippen LogP contribution < -0.4 is 4.74 Å². The van der Waals surface area contributed by atoms with Gasteiger partial charge in [-0.15, -0.1) is 0 Å². The van der Waals surface area contributed by atoms with Crippen LogP contribution in [0, 0.1) is 12.7 Å². The molecule has 0 aliphatic heterocycles. The lowest BCUT2D eigenvalue weighted by Crippen LogP contribution is -2.00. The number of aliphatic hydroxyl groups excluding tert-OH is 1. The second kappa shape index (κ2) is 6.06. The average Bonchev–Trinajstić information content (AvgIpc) is 2.43. The van der Waals surface area contributed by atoms with Crippen molar-refractivity contribution in [1.82, 2.24) is 0 Å². The van der Waals surface area contributed by atoms with Gasteiger partial charge in [0.25, 0.3) is 0 Å². The molecule has 2 nitrogen and oxygen atoms in total. The van der Waals surface area contributed by atoms with E-state index in [0.717, 1.165) is 17.7 Å². The molecule has 2 aromatic carbocycles. The molecule has 0 saturated heterocycles. The number of para-hydroxylation sites is 1. The van der Waals surface area contributed by atoms with Crippen molar-refractivity contribution in [2.45, 2.75) is 33.3 Å². The second-order valence-corrected chi connectivity index (χ2v) is 4.88. The third-order valence-corrected chi connectivity index (χ3v) is 3.31. The van der Waals surface area contributed by atoms with Crippen molar-refractivity contribution in [2.75, 3.05) is 0 Å². The van der Waals surface area contributed by atoms with Gasteiger partial charge in [0, 0.05) is 5.56 Å². The van der Waals surface area contributed by atoms with Crippen molar-refractivity contribution in [3.05, 3.63) is 58.9 Å². The summed E-state index contributed by atoms with van der Waals surface area (Å²) in [5.41, 5.74) is 2.03. The van der Waals surface area contributed by atoms with Crippen LogP contribution in [0.25, 0.3) is 0 Å². The van der Waals surface area contributed by atoms with E-state index >= 15 is 0 Å². The fourth-order valence-corrected chi connectivity index (χ4v) is 2.10. The van der Waals surface area contributed by atoms with Crippen LogP contribution in [0.15, 0.2) is 36.4 Å². The Balaban J connectivity index is 2.45. The van der Waals surface area contributed by atoms with Crippen LogP contribution in [0.2, 0.25) is 0 Å². The number of rotatable bonds is 4. The summed E-state index contributed by atoms with van der Waals surface area (Å²) in [4.78, 5) is 0. The van der Waals surface area contributed by atoms with Gasteiger partial charge in [-0.1, -0.05) is 25.1 Å². The van der Waals surface area contributed by atoms with E-state index in [2.05, 4.69) is 0 Å². The van der Waals surface area contributed by atoms with E-state index < -0.39 is 6.10 Å². The van der Waals surface area contributed by atoms with Gasteiger partial charge in [-0.3, -0.25) is 0 Å². The van der Waals surface area contributed by atoms with E-state index in [1.807, 2.05) is 31.2 Å². The number of hydrogen-bond acceptors (Lipinski definition) is 2. The van der Waals surface area contributed by atoms with Crippen LogP contribution in [0.4, 0.5) is 4.39 Å². The van der Waals surface area contributed by atoms with Gasteiger partial charge < -0.3 is 9.84 Å². The minimum Gasteiger partial charge on any atom is -0.457 e. The van der Waals surface area contributed by atoms with E-state index in [4.69, 9.17) is 4.74 Å². The van der Waals surface area contributed by atoms with Crippen molar-refractivity contribution < 1.29 is 14.2 Å². The van der Waals surface area contributed by atoms with Gasteiger partial charge in [-0.25, -0.2) is 4.39 Å². The molecular weight excluding hydrogens is 255 g/mol. The van der Waals surface area contributed by atoms with Crippen LogP contribution in [0.1, 0.15) is 36.6 Å². The summed E-state index contributed by atoms with van der Waals surface area (Å²) in [6, 6.07) is 10.7. The van der Waals surface area contributed by atoms with E-state index in [9.17, 15) is 9.50 Å². The highest BCUT2D eigenvalue weighted by Crippen LogP contribution is 2.33. The van der Waals surface area contributed by atoms with Crippen molar-refractivity contribution in [3.63, 3.8) is 0 Å². The normalized spacial score (nSPS) is 12.2. The molecule has 0 aliphatic rings. The Morgan fingerprint density at radius 2 is 1.90 bits per heavy atom. The van der Waals surface area contributed by atoms with Crippen molar-refractivity contribution in [2.24, 2.45) is 0 Å². The molecule has 1 atom stereocenters. The Morgan fingerprint density at radius 3 is 2.55 bits per heavy atom. The smallest absolute Gasteiger partial charge is 0.133 e. The lowest BCUT2D eigenvalue weighted by atomic mass is 10.1. The molecule has 2 aromatic rings. The molecule has 0 aliphatic carbocycles. The number of aliphatic hydroxyl groups is 1.